The molecule has 0 radical (unpaired) electrons. The van der Waals surface area contributed by atoms with E-state index < -0.39 is 0 Å². The van der Waals surface area contributed by atoms with E-state index >= 15 is 0 Å². The lowest BCUT2D eigenvalue weighted by molar-refractivity contribution is 0.0317. The smallest absolute Gasteiger partial charge is 0.320 e. The fourth-order valence-electron chi connectivity index (χ4n) is 5.13. The lowest BCUT2D eigenvalue weighted by Crippen LogP contribution is -2.38. The van der Waals surface area contributed by atoms with Crippen molar-refractivity contribution in [1.29, 1.82) is 0 Å². The van der Waals surface area contributed by atoms with Crippen LogP contribution < -0.4 is 15.1 Å². The van der Waals surface area contributed by atoms with E-state index in [9.17, 15) is 0 Å². The number of hydrogen-bond donors (Lipinski definition) is 1. The fraction of sp³-hybridized carbons (Fsp3) is 0.815. The number of aromatic nitrogens is 2. The Morgan fingerprint density at radius 1 is 1.14 bits per heavy atom. The number of rotatable bonds is 14. The van der Waals surface area contributed by atoms with Crippen LogP contribution in [0.5, 0.6) is 6.01 Å². The van der Waals surface area contributed by atoms with E-state index in [-0.39, 0.29) is 0 Å². The molecule has 1 aromatic heterocycles. The molecule has 1 unspecified atom stereocenters. The van der Waals surface area contributed by atoms with Crippen LogP contribution in [-0.4, -0.2) is 73.1 Å². The minimum Gasteiger partial charge on any atom is -0.462 e. The van der Waals surface area contributed by atoms with Gasteiger partial charge in [0.25, 0.3) is 0 Å². The summed E-state index contributed by atoms with van der Waals surface area (Å²) >= 11 is 0. The predicted octanol–water partition coefficient (Wildman–Crippen LogP) is 5.21. The maximum Gasteiger partial charge on any atom is 0.320 e. The monoisotopic (exact) mass is 488 g/mol. The molecule has 2 fully saturated rings. The Labute approximate surface area is 212 Å². The first-order chi connectivity index (χ1) is 17.1. The minimum atomic E-state index is 0.426. The Morgan fingerprint density at radius 3 is 2.63 bits per heavy atom. The maximum absolute atomic E-state index is 6.06. The van der Waals surface area contributed by atoms with Gasteiger partial charge < -0.3 is 14.4 Å². The van der Waals surface area contributed by atoms with E-state index in [1.54, 1.807) is 0 Å². The number of morpholine rings is 1. The van der Waals surface area contributed by atoms with Gasteiger partial charge in [0.05, 0.1) is 13.2 Å². The number of nitrogens with one attached hydrogen (secondary N) is 1. The van der Waals surface area contributed by atoms with E-state index in [0.29, 0.717) is 30.3 Å². The number of nitrogens with zero attached hydrogens (tertiary/aromatic N) is 5. The molecule has 2 aliphatic rings. The van der Waals surface area contributed by atoms with Crippen molar-refractivity contribution in [3.63, 3.8) is 0 Å². The third kappa shape index (κ3) is 8.90. The van der Waals surface area contributed by atoms with E-state index in [0.717, 1.165) is 71.0 Å². The molecule has 1 aliphatic carbocycles. The molecular weight excluding hydrogens is 440 g/mol. The number of hydrazone groups is 1. The largest absolute Gasteiger partial charge is 0.462 e. The van der Waals surface area contributed by atoms with Gasteiger partial charge >= 0.3 is 6.01 Å². The SMILES string of the molecule is CCCC[C@@H]1/C(=N/Nc2cc(N(CCC)CCC)nc(OCCN3CCOCC3)n2)CCCC1C. The van der Waals surface area contributed by atoms with Crippen molar-refractivity contribution in [2.75, 3.05) is 62.9 Å². The zero-order valence-corrected chi connectivity index (χ0v) is 22.6. The normalized spacial score (nSPS) is 22.3. The van der Waals surface area contributed by atoms with Crippen molar-refractivity contribution < 1.29 is 9.47 Å². The molecule has 1 aromatic rings. The summed E-state index contributed by atoms with van der Waals surface area (Å²) in [5.74, 6) is 2.89. The summed E-state index contributed by atoms with van der Waals surface area (Å²) in [4.78, 5) is 14.1. The highest BCUT2D eigenvalue weighted by molar-refractivity contribution is 5.88. The minimum absolute atomic E-state index is 0.426. The van der Waals surface area contributed by atoms with Crippen molar-refractivity contribution in [1.82, 2.24) is 14.9 Å². The van der Waals surface area contributed by atoms with Crippen LogP contribution in [0.15, 0.2) is 11.2 Å². The Hall–Kier alpha value is -1.93. The number of anilines is 2. The standard InChI is InChI=1S/C27H48N6O2/c1-5-8-11-23-22(4)10-9-12-24(23)30-31-25-21-26(33(13-6-2)14-7-3)29-27(28-25)35-20-17-32-15-18-34-19-16-32/h21-23H,5-20H2,1-4H3,(H,28,29,31)/b30-24+/t22?,23-/m0/s1. The summed E-state index contributed by atoms with van der Waals surface area (Å²) in [5, 5.41) is 4.91. The number of unbranched alkanes of at least 4 members (excludes halogenated alkanes) is 1. The lowest BCUT2D eigenvalue weighted by Gasteiger charge is -2.30. The first-order valence-electron chi connectivity index (χ1n) is 14.0. The van der Waals surface area contributed by atoms with Crippen molar-refractivity contribution in [3.8, 4) is 6.01 Å². The molecular formula is C27H48N6O2. The van der Waals surface area contributed by atoms with Crippen LogP contribution >= 0.6 is 0 Å². The average molecular weight is 489 g/mol. The average Bonchev–Trinajstić information content (AvgIpc) is 2.87. The quantitative estimate of drug-likeness (QED) is 0.360. The van der Waals surface area contributed by atoms with Crippen LogP contribution in [0.1, 0.15) is 79.1 Å². The molecule has 1 N–H and O–H groups in total. The van der Waals surface area contributed by atoms with Crippen LogP contribution in [-0.2, 0) is 4.74 Å². The molecule has 0 amide bonds. The summed E-state index contributed by atoms with van der Waals surface area (Å²) in [6.07, 6.45) is 9.45. The van der Waals surface area contributed by atoms with Gasteiger partial charge in [-0.1, -0.05) is 40.5 Å². The van der Waals surface area contributed by atoms with Crippen LogP contribution in [0.4, 0.5) is 11.6 Å². The highest BCUT2D eigenvalue weighted by Gasteiger charge is 2.26. The predicted molar refractivity (Wildman–Crippen MR) is 145 cm³/mol. The first kappa shape index (κ1) is 27.7. The van der Waals surface area contributed by atoms with Crippen LogP contribution in [0.25, 0.3) is 0 Å². The second-order valence-electron chi connectivity index (χ2n) is 10.0. The third-order valence-corrected chi connectivity index (χ3v) is 7.14. The second-order valence-corrected chi connectivity index (χ2v) is 10.0. The molecule has 198 valence electrons. The van der Waals surface area contributed by atoms with Gasteiger partial charge in [0.2, 0.25) is 0 Å². The number of ether oxygens (including phenoxy) is 2. The van der Waals surface area contributed by atoms with E-state index in [1.165, 1.54) is 37.8 Å². The molecule has 1 saturated heterocycles. The van der Waals surface area contributed by atoms with E-state index in [4.69, 9.17) is 19.6 Å². The van der Waals surface area contributed by atoms with Gasteiger partial charge in [-0.2, -0.15) is 15.1 Å². The summed E-state index contributed by atoms with van der Waals surface area (Å²) in [6.45, 7) is 15.9. The molecule has 0 bridgehead atoms. The zero-order chi connectivity index (χ0) is 24.9. The van der Waals surface area contributed by atoms with Gasteiger partial charge in [0, 0.05) is 50.4 Å². The van der Waals surface area contributed by atoms with Crippen LogP contribution in [0, 0.1) is 11.8 Å². The second kappa shape index (κ2) is 15.2. The third-order valence-electron chi connectivity index (χ3n) is 7.14. The van der Waals surface area contributed by atoms with Gasteiger partial charge in [-0.3, -0.25) is 10.3 Å². The van der Waals surface area contributed by atoms with E-state index in [2.05, 4.69) is 47.9 Å². The van der Waals surface area contributed by atoms with Crippen LogP contribution in [0.3, 0.4) is 0 Å². The highest BCUT2D eigenvalue weighted by Crippen LogP contribution is 2.32. The molecule has 35 heavy (non-hydrogen) atoms. The van der Waals surface area contributed by atoms with E-state index in [1.807, 2.05) is 6.07 Å². The van der Waals surface area contributed by atoms with Gasteiger partial charge in [-0.15, -0.1) is 0 Å². The molecule has 0 spiro atoms. The van der Waals surface area contributed by atoms with Crippen molar-refractivity contribution in [2.24, 2.45) is 16.9 Å². The summed E-state index contributed by atoms with van der Waals surface area (Å²) < 4.78 is 11.5. The van der Waals surface area contributed by atoms with Gasteiger partial charge in [-0.05, 0) is 44.4 Å². The molecule has 8 heteroatoms. The lowest BCUT2D eigenvalue weighted by atomic mass is 9.76. The van der Waals surface area contributed by atoms with Gasteiger partial charge in [0.15, 0.2) is 5.82 Å². The Kier molecular flexibility index (Phi) is 12.0. The van der Waals surface area contributed by atoms with Gasteiger partial charge in [0.1, 0.15) is 12.4 Å². The molecule has 1 saturated carbocycles. The Morgan fingerprint density at radius 2 is 1.91 bits per heavy atom. The Balaban J connectivity index is 1.75. The van der Waals surface area contributed by atoms with Crippen molar-refractivity contribution in [3.05, 3.63) is 6.07 Å². The zero-order valence-electron chi connectivity index (χ0n) is 22.6. The van der Waals surface area contributed by atoms with Gasteiger partial charge in [-0.25, -0.2) is 0 Å². The molecule has 8 nitrogen and oxygen atoms in total. The van der Waals surface area contributed by atoms with Crippen LogP contribution in [0.2, 0.25) is 0 Å². The Bertz CT molecular complexity index is 762. The summed E-state index contributed by atoms with van der Waals surface area (Å²) in [5.41, 5.74) is 4.60. The molecule has 2 heterocycles. The molecule has 3 rings (SSSR count). The molecule has 2 atom stereocenters. The van der Waals surface area contributed by atoms with Crippen molar-refractivity contribution >= 4 is 17.3 Å². The number of hydrogen-bond acceptors (Lipinski definition) is 8. The topological polar surface area (TPSA) is 75.1 Å². The summed E-state index contributed by atoms with van der Waals surface area (Å²) in [7, 11) is 0. The van der Waals surface area contributed by atoms with Crippen molar-refractivity contribution in [2.45, 2.75) is 79.1 Å². The molecule has 1 aliphatic heterocycles. The highest BCUT2D eigenvalue weighted by atomic mass is 16.5. The summed E-state index contributed by atoms with van der Waals surface area (Å²) in [6, 6.07) is 2.45. The maximum atomic E-state index is 6.06. The fourth-order valence-corrected chi connectivity index (χ4v) is 5.13. The molecule has 0 aromatic carbocycles. The first-order valence-corrected chi connectivity index (χ1v) is 14.0.